The van der Waals surface area contributed by atoms with Crippen molar-refractivity contribution in [1.82, 2.24) is 0 Å². The standard InChI is InChI=1S/C12H13BrCl2O2/c1-3-17-12(16)11(15)6-8-5-10(14)7(2)4-9(8)13/h4-5,11H,3,6H2,1-2H3. The number of ether oxygens (including phenoxy) is 1. The van der Waals surface area contributed by atoms with Crippen LogP contribution in [-0.2, 0) is 16.0 Å². The van der Waals surface area contributed by atoms with E-state index in [0.29, 0.717) is 18.1 Å². The number of hydrogen-bond donors (Lipinski definition) is 0. The minimum Gasteiger partial charge on any atom is -0.465 e. The Morgan fingerprint density at radius 1 is 1.53 bits per heavy atom. The highest BCUT2D eigenvalue weighted by Gasteiger charge is 2.18. The molecule has 17 heavy (non-hydrogen) atoms. The van der Waals surface area contributed by atoms with Gasteiger partial charge >= 0.3 is 5.97 Å². The van der Waals surface area contributed by atoms with Gasteiger partial charge in [0.05, 0.1) is 6.61 Å². The van der Waals surface area contributed by atoms with E-state index in [1.54, 1.807) is 6.92 Å². The fourth-order valence-electron chi connectivity index (χ4n) is 1.35. The Kier molecular flexibility index (Phi) is 5.77. The average molecular weight is 340 g/mol. The second kappa shape index (κ2) is 6.62. The van der Waals surface area contributed by atoms with Gasteiger partial charge in [-0.05, 0) is 37.1 Å². The third-order valence-electron chi connectivity index (χ3n) is 2.27. The maximum Gasteiger partial charge on any atom is 0.324 e. The van der Waals surface area contributed by atoms with Gasteiger partial charge in [0.2, 0.25) is 0 Å². The Labute approximate surface area is 119 Å². The summed E-state index contributed by atoms with van der Waals surface area (Å²) < 4.78 is 5.75. The molecule has 2 nitrogen and oxygen atoms in total. The lowest BCUT2D eigenvalue weighted by atomic mass is 10.1. The van der Waals surface area contributed by atoms with Crippen LogP contribution in [0.15, 0.2) is 16.6 Å². The summed E-state index contributed by atoms with van der Waals surface area (Å²) in [6, 6.07) is 3.72. The summed E-state index contributed by atoms with van der Waals surface area (Å²) in [5.41, 5.74) is 1.87. The zero-order chi connectivity index (χ0) is 13.0. The van der Waals surface area contributed by atoms with Crippen LogP contribution in [0.3, 0.4) is 0 Å². The summed E-state index contributed by atoms with van der Waals surface area (Å²) in [6.45, 7) is 4.00. The van der Waals surface area contributed by atoms with E-state index in [1.807, 2.05) is 19.1 Å². The van der Waals surface area contributed by atoms with E-state index in [9.17, 15) is 4.79 Å². The minimum atomic E-state index is -0.690. The molecule has 0 saturated carbocycles. The molecule has 0 aliphatic heterocycles. The van der Waals surface area contributed by atoms with Crippen LogP contribution in [0.25, 0.3) is 0 Å². The summed E-state index contributed by atoms with van der Waals surface area (Å²) in [5.74, 6) is -0.405. The molecule has 0 aliphatic carbocycles. The molecule has 1 aromatic rings. The average Bonchev–Trinajstić information content (AvgIpc) is 2.26. The first-order chi connectivity index (χ1) is 7.95. The van der Waals surface area contributed by atoms with E-state index < -0.39 is 11.3 Å². The van der Waals surface area contributed by atoms with Crippen LogP contribution in [0.1, 0.15) is 18.1 Å². The monoisotopic (exact) mass is 338 g/mol. The molecule has 0 amide bonds. The third-order valence-corrected chi connectivity index (χ3v) is 3.75. The predicted octanol–water partition coefficient (Wildman–Crippen LogP) is 4.12. The summed E-state index contributed by atoms with van der Waals surface area (Å²) >= 11 is 15.4. The fraction of sp³-hybridized carbons (Fsp3) is 0.417. The first-order valence-corrected chi connectivity index (χ1v) is 6.81. The van der Waals surface area contributed by atoms with Crippen molar-refractivity contribution in [1.29, 1.82) is 0 Å². The lowest BCUT2D eigenvalue weighted by molar-refractivity contribution is -0.142. The first kappa shape index (κ1) is 14.8. The van der Waals surface area contributed by atoms with Crippen LogP contribution in [0.4, 0.5) is 0 Å². The largest absolute Gasteiger partial charge is 0.465 e. The first-order valence-electron chi connectivity index (χ1n) is 5.21. The molecule has 0 aromatic heterocycles. The van der Waals surface area contributed by atoms with E-state index in [4.69, 9.17) is 27.9 Å². The number of esters is 1. The van der Waals surface area contributed by atoms with Gasteiger partial charge in [0, 0.05) is 15.9 Å². The molecule has 0 fully saturated rings. The lowest BCUT2D eigenvalue weighted by Gasteiger charge is -2.11. The van der Waals surface area contributed by atoms with Gasteiger partial charge in [0.15, 0.2) is 0 Å². The van der Waals surface area contributed by atoms with E-state index >= 15 is 0 Å². The highest BCUT2D eigenvalue weighted by Crippen LogP contribution is 2.27. The smallest absolute Gasteiger partial charge is 0.324 e. The number of carbonyl (C=O) groups excluding carboxylic acids is 1. The minimum absolute atomic E-state index is 0.331. The van der Waals surface area contributed by atoms with E-state index in [-0.39, 0.29) is 0 Å². The molecule has 0 aliphatic rings. The molecule has 1 unspecified atom stereocenters. The van der Waals surface area contributed by atoms with Crippen LogP contribution in [0.2, 0.25) is 5.02 Å². The summed E-state index contributed by atoms with van der Waals surface area (Å²) in [5, 5.41) is -0.0269. The van der Waals surface area contributed by atoms with Crippen LogP contribution in [0, 0.1) is 6.92 Å². The van der Waals surface area contributed by atoms with Crippen molar-refractivity contribution in [2.45, 2.75) is 25.6 Å². The Morgan fingerprint density at radius 2 is 2.18 bits per heavy atom. The number of halogens is 3. The van der Waals surface area contributed by atoms with Crippen molar-refractivity contribution in [3.63, 3.8) is 0 Å². The van der Waals surface area contributed by atoms with E-state index in [1.165, 1.54) is 0 Å². The number of aryl methyl sites for hydroxylation is 1. The normalized spacial score (nSPS) is 12.3. The van der Waals surface area contributed by atoms with Crippen LogP contribution < -0.4 is 0 Å². The Bertz CT molecular complexity index is 421. The van der Waals surface area contributed by atoms with Gasteiger partial charge < -0.3 is 4.74 Å². The van der Waals surface area contributed by atoms with Crippen LogP contribution in [0.5, 0.6) is 0 Å². The molecule has 1 rings (SSSR count). The fourth-order valence-corrected chi connectivity index (χ4v) is 2.39. The van der Waals surface area contributed by atoms with Gasteiger partial charge in [-0.25, -0.2) is 0 Å². The molecule has 94 valence electrons. The third kappa shape index (κ3) is 4.16. The van der Waals surface area contributed by atoms with Crippen molar-refractivity contribution in [3.05, 3.63) is 32.8 Å². The predicted molar refractivity (Wildman–Crippen MR) is 73.9 cm³/mol. The molecule has 0 spiro atoms. The van der Waals surface area contributed by atoms with E-state index in [2.05, 4.69) is 15.9 Å². The number of rotatable bonds is 4. The van der Waals surface area contributed by atoms with Crippen molar-refractivity contribution < 1.29 is 9.53 Å². The second-order valence-corrected chi connectivity index (χ2v) is 5.40. The molecule has 0 heterocycles. The van der Waals surface area contributed by atoms with Gasteiger partial charge in [-0.15, -0.1) is 11.6 Å². The number of hydrogen-bond acceptors (Lipinski definition) is 2. The highest BCUT2D eigenvalue weighted by atomic mass is 79.9. The number of benzene rings is 1. The quantitative estimate of drug-likeness (QED) is 0.609. The molecule has 0 bridgehead atoms. The number of alkyl halides is 1. The molecule has 0 radical (unpaired) electrons. The Balaban J connectivity index is 2.81. The molecule has 0 N–H and O–H groups in total. The molecular formula is C12H13BrCl2O2. The zero-order valence-corrected chi connectivity index (χ0v) is 12.7. The van der Waals surface area contributed by atoms with Crippen molar-refractivity contribution >= 4 is 45.1 Å². The SMILES string of the molecule is CCOC(=O)C(Cl)Cc1cc(Cl)c(C)cc1Br. The highest BCUT2D eigenvalue weighted by molar-refractivity contribution is 9.10. The summed E-state index contributed by atoms with van der Waals surface area (Å²) in [7, 11) is 0. The van der Waals surface area contributed by atoms with Crippen LogP contribution >= 0.6 is 39.1 Å². The van der Waals surface area contributed by atoms with Gasteiger partial charge in [-0.1, -0.05) is 27.5 Å². The van der Waals surface area contributed by atoms with E-state index in [0.717, 1.165) is 15.6 Å². The summed E-state index contributed by atoms with van der Waals surface area (Å²) in [6.07, 6.45) is 0.390. The number of carbonyl (C=O) groups is 1. The van der Waals surface area contributed by atoms with Gasteiger partial charge in [0.25, 0.3) is 0 Å². The zero-order valence-electron chi connectivity index (χ0n) is 9.60. The maximum absolute atomic E-state index is 11.4. The molecular weight excluding hydrogens is 327 g/mol. The van der Waals surface area contributed by atoms with Crippen molar-refractivity contribution in [2.24, 2.45) is 0 Å². The lowest BCUT2D eigenvalue weighted by Crippen LogP contribution is -2.20. The Morgan fingerprint density at radius 3 is 2.76 bits per heavy atom. The molecule has 0 saturated heterocycles. The van der Waals surface area contributed by atoms with Crippen molar-refractivity contribution in [3.8, 4) is 0 Å². The maximum atomic E-state index is 11.4. The molecule has 5 heteroatoms. The second-order valence-electron chi connectivity index (χ2n) is 3.62. The topological polar surface area (TPSA) is 26.3 Å². The van der Waals surface area contributed by atoms with Crippen molar-refractivity contribution in [2.75, 3.05) is 6.61 Å². The van der Waals surface area contributed by atoms with Gasteiger partial charge in [0.1, 0.15) is 5.38 Å². The van der Waals surface area contributed by atoms with Gasteiger partial charge in [-0.2, -0.15) is 0 Å². The van der Waals surface area contributed by atoms with Gasteiger partial charge in [-0.3, -0.25) is 4.79 Å². The summed E-state index contributed by atoms with van der Waals surface area (Å²) in [4.78, 5) is 11.4. The Hall–Kier alpha value is -0.250. The van der Waals surface area contributed by atoms with Crippen LogP contribution in [-0.4, -0.2) is 18.0 Å². The molecule has 1 atom stereocenters. The molecule has 1 aromatic carbocycles.